The third kappa shape index (κ3) is 4.58. The molecule has 1 aromatic rings. The molecule has 1 N–H and O–H groups in total. The van der Waals surface area contributed by atoms with Crippen molar-refractivity contribution in [3.8, 4) is 0 Å². The predicted molar refractivity (Wildman–Crippen MR) is 100 cm³/mol. The van der Waals surface area contributed by atoms with Crippen molar-refractivity contribution in [3.63, 3.8) is 0 Å². The summed E-state index contributed by atoms with van der Waals surface area (Å²) in [6.07, 6.45) is 3.12. The summed E-state index contributed by atoms with van der Waals surface area (Å²) >= 11 is 1.49. The van der Waals surface area contributed by atoms with Gasteiger partial charge < -0.3 is 15.0 Å². The first-order chi connectivity index (χ1) is 12.6. The molecule has 1 atom stereocenters. The number of piperidine rings is 1. The maximum Gasteiger partial charge on any atom is 0.305 e. The van der Waals surface area contributed by atoms with E-state index in [0.717, 1.165) is 30.7 Å². The van der Waals surface area contributed by atoms with E-state index in [1.165, 1.54) is 11.8 Å². The number of hydrogen-bond donors (Lipinski definition) is 1. The largest absolute Gasteiger partial charge is 0.466 e. The average Bonchev–Trinajstić information content (AvgIpc) is 2.65. The number of rotatable bonds is 5. The van der Waals surface area contributed by atoms with Gasteiger partial charge in [-0.3, -0.25) is 14.4 Å². The lowest BCUT2D eigenvalue weighted by atomic mass is 9.93. The Kier molecular flexibility index (Phi) is 6.19. The first-order valence-corrected chi connectivity index (χ1v) is 10.1. The highest BCUT2D eigenvalue weighted by Gasteiger charge is 2.26. The lowest BCUT2D eigenvalue weighted by Gasteiger charge is -2.33. The minimum absolute atomic E-state index is 0.0153. The molecule has 26 heavy (non-hydrogen) atoms. The van der Waals surface area contributed by atoms with Gasteiger partial charge in [-0.1, -0.05) is 0 Å². The van der Waals surface area contributed by atoms with Gasteiger partial charge in [-0.05, 0) is 50.3 Å². The molecule has 0 aliphatic carbocycles. The van der Waals surface area contributed by atoms with E-state index < -0.39 is 0 Å². The summed E-state index contributed by atoms with van der Waals surface area (Å²) in [4.78, 5) is 38.8. The van der Waals surface area contributed by atoms with E-state index in [2.05, 4.69) is 5.32 Å². The number of carbonyl (C=O) groups is 3. The molecule has 1 fully saturated rings. The first kappa shape index (κ1) is 18.8. The maximum absolute atomic E-state index is 12.9. The van der Waals surface area contributed by atoms with Gasteiger partial charge in [0, 0.05) is 30.0 Å². The summed E-state index contributed by atoms with van der Waals surface area (Å²) in [5.74, 6) is 0.514. The Balaban J connectivity index is 1.61. The normalized spacial score (nSPS) is 19.5. The Bertz CT molecular complexity index is 707. The molecule has 7 heteroatoms. The summed E-state index contributed by atoms with van der Waals surface area (Å²) in [5.41, 5.74) is 1.31. The Morgan fingerprint density at radius 3 is 3.04 bits per heavy atom. The number of benzene rings is 1. The van der Waals surface area contributed by atoms with Gasteiger partial charge in [0.1, 0.15) is 0 Å². The van der Waals surface area contributed by atoms with Crippen molar-refractivity contribution in [1.29, 1.82) is 0 Å². The standard InChI is InChI=1S/C19H24N2O4S/c1-2-25-18(23)8-5-13-4-3-9-21(11-13)19(24)14-6-7-16-15(10-14)20-17(22)12-26-16/h6-7,10,13H,2-5,8-9,11-12H2,1H3,(H,20,22). The molecule has 140 valence electrons. The monoisotopic (exact) mass is 376 g/mol. The van der Waals surface area contributed by atoms with E-state index in [0.29, 0.717) is 42.5 Å². The van der Waals surface area contributed by atoms with Crippen molar-refractivity contribution in [2.45, 2.75) is 37.5 Å². The zero-order chi connectivity index (χ0) is 18.5. The van der Waals surface area contributed by atoms with Crippen molar-refractivity contribution < 1.29 is 19.1 Å². The molecule has 2 aliphatic rings. The third-order valence-electron chi connectivity index (χ3n) is 4.73. The number of likely N-dealkylation sites (tertiary alicyclic amines) is 1. The molecule has 1 unspecified atom stereocenters. The van der Waals surface area contributed by atoms with Crippen molar-refractivity contribution in [2.75, 3.05) is 30.8 Å². The van der Waals surface area contributed by atoms with Crippen LogP contribution in [0.3, 0.4) is 0 Å². The van der Waals surface area contributed by atoms with Gasteiger partial charge in [0.05, 0.1) is 18.0 Å². The molecular weight excluding hydrogens is 352 g/mol. The number of nitrogens with zero attached hydrogens (tertiary/aromatic N) is 1. The van der Waals surface area contributed by atoms with Crippen LogP contribution in [0.5, 0.6) is 0 Å². The van der Waals surface area contributed by atoms with Gasteiger partial charge in [0.2, 0.25) is 5.91 Å². The SMILES string of the molecule is CCOC(=O)CCC1CCCN(C(=O)c2ccc3c(c2)NC(=O)CS3)C1. The number of nitrogens with one attached hydrogen (secondary N) is 1. The Labute approximate surface area is 157 Å². The van der Waals surface area contributed by atoms with Crippen molar-refractivity contribution >= 4 is 35.2 Å². The number of amides is 2. The first-order valence-electron chi connectivity index (χ1n) is 9.08. The number of fused-ring (bicyclic) bond motifs is 1. The number of hydrogen-bond acceptors (Lipinski definition) is 5. The molecule has 0 radical (unpaired) electrons. The fourth-order valence-corrected chi connectivity index (χ4v) is 4.23. The number of thioether (sulfide) groups is 1. The summed E-state index contributed by atoms with van der Waals surface area (Å²) < 4.78 is 4.98. The van der Waals surface area contributed by atoms with Gasteiger partial charge in [0.15, 0.2) is 0 Å². The van der Waals surface area contributed by atoms with E-state index in [4.69, 9.17) is 4.74 Å². The van der Waals surface area contributed by atoms with E-state index in [-0.39, 0.29) is 17.8 Å². The van der Waals surface area contributed by atoms with E-state index in [1.807, 2.05) is 17.0 Å². The number of esters is 1. The molecule has 0 bridgehead atoms. The van der Waals surface area contributed by atoms with Crippen LogP contribution in [0.25, 0.3) is 0 Å². The van der Waals surface area contributed by atoms with Gasteiger partial charge in [-0.25, -0.2) is 0 Å². The second-order valence-electron chi connectivity index (χ2n) is 6.65. The molecule has 1 aromatic carbocycles. The van der Waals surface area contributed by atoms with Gasteiger partial charge in [-0.2, -0.15) is 0 Å². The Hall–Kier alpha value is -2.02. The minimum atomic E-state index is -0.168. The van der Waals surface area contributed by atoms with Crippen LogP contribution >= 0.6 is 11.8 Å². The highest BCUT2D eigenvalue weighted by molar-refractivity contribution is 8.00. The maximum atomic E-state index is 12.9. The summed E-state index contributed by atoms with van der Waals surface area (Å²) in [7, 11) is 0. The summed E-state index contributed by atoms with van der Waals surface area (Å²) in [6, 6.07) is 5.49. The Morgan fingerprint density at radius 2 is 2.23 bits per heavy atom. The van der Waals surface area contributed by atoms with Crippen LogP contribution in [0.4, 0.5) is 5.69 Å². The van der Waals surface area contributed by atoms with Crippen LogP contribution in [0.2, 0.25) is 0 Å². The van der Waals surface area contributed by atoms with E-state index >= 15 is 0 Å². The van der Waals surface area contributed by atoms with Crippen LogP contribution in [0.15, 0.2) is 23.1 Å². The molecule has 6 nitrogen and oxygen atoms in total. The van der Waals surface area contributed by atoms with E-state index in [1.54, 1.807) is 13.0 Å². The summed E-state index contributed by atoms with van der Waals surface area (Å²) in [5, 5.41) is 2.83. The number of ether oxygens (including phenoxy) is 1. The van der Waals surface area contributed by atoms with Crippen molar-refractivity contribution in [3.05, 3.63) is 23.8 Å². The van der Waals surface area contributed by atoms with Crippen molar-refractivity contribution in [1.82, 2.24) is 4.90 Å². The minimum Gasteiger partial charge on any atom is -0.466 e. The van der Waals surface area contributed by atoms with Crippen molar-refractivity contribution in [2.24, 2.45) is 5.92 Å². The highest BCUT2D eigenvalue weighted by atomic mass is 32.2. The molecule has 0 aromatic heterocycles. The molecule has 3 rings (SSSR count). The molecule has 1 saturated heterocycles. The lowest BCUT2D eigenvalue weighted by molar-refractivity contribution is -0.143. The van der Waals surface area contributed by atoms with E-state index in [9.17, 15) is 14.4 Å². The number of carbonyl (C=O) groups excluding carboxylic acids is 3. The van der Waals surface area contributed by atoms with Gasteiger partial charge >= 0.3 is 5.97 Å². The highest BCUT2D eigenvalue weighted by Crippen LogP contribution is 2.32. The Morgan fingerprint density at radius 1 is 1.38 bits per heavy atom. The van der Waals surface area contributed by atoms with Crippen LogP contribution in [0, 0.1) is 5.92 Å². The molecule has 0 saturated carbocycles. The molecule has 2 aliphatic heterocycles. The van der Waals surface area contributed by atoms with Gasteiger partial charge in [-0.15, -0.1) is 11.8 Å². The van der Waals surface area contributed by atoms with Crippen LogP contribution < -0.4 is 5.32 Å². The quantitative estimate of drug-likeness (QED) is 0.800. The fraction of sp³-hybridized carbons (Fsp3) is 0.526. The number of anilines is 1. The van der Waals surface area contributed by atoms with Gasteiger partial charge in [0.25, 0.3) is 5.91 Å². The van der Waals surface area contributed by atoms with Crippen LogP contribution in [-0.2, 0) is 14.3 Å². The second kappa shape index (κ2) is 8.58. The summed E-state index contributed by atoms with van der Waals surface area (Å²) in [6.45, 7) is 3.60. The smallest absolute Gasteiger partial charge is 0.305 e. The molecule has 0 spiro atoms. The average molecular weight is 376 g/mol. The van der Waals surface area contributed by atoms with Crippen LogP contribution in [0.1, 0.15) is 43.0 Å². The fourth-order valence-electron chi connectivity index (χ4n) is 3.44. The zero-order valence-electron chi connectivity index (χ0n) is 15.0. The topological polar surface area (TPSA) is 75.7 Å². The lowest BCUT2D eigenvalue weighted by Crippen LogP contribution is -2.40. The second-order valence-corrected chi connectivity index (χ2v) is 7.67. The molecular formula is C19H24N2O4S. The van der Waals surface area contributed by atoms with Crippen LogP contribution in [-0.4, -0.2) is 48.1 Å². The zero-order valence-corrected chi connectivity index (χ0v) is 15.8. The molecule has 2 amide bonds. The third-order valence-corrected chi connectivity index (χ3v) is 5.80. The predicted octanol–water partition coefficient (Wildman–Crippen LogP) is 2.93. The molecule has 2 heterocycles.